The van der Waals surface area contributed by atoms with Gasteiger partial charge >= 0.3 is 0 Å². The van der Waals surface area contributed by atoms with E-state index in [9.17, 15) is 13.2 Å². The number of anilines is 2. The highest BCUT2D eigenvalue weighted by Crippen LogP contribution is 2.42. The molecule has 1 fully saturated rings. The van der Waals surface area contributed by atoms with Crippen molar-refractivity contribution in [1.29, 1.82) is 0 Å². The summed E-state index contributed by atoms with van der Waals surface area (Å²) in [6.07, 6.45) is 0. The van der Waals surface area contributed by atoms with E-state index in [0.717, 1.165) is 17.0 Å². The lowest BCUT2D eigenvalue weighted by Crippen LogP contribution is -2.27. The minimum atomic E-state index is -3.65. The number of sulfonamides is 1. The summed E-state index contributed by atoms with van der Waals surface area (Å²) in [5.74, 6) is 1.15. The summed E-state index contributed by atoms with van der Waals surface area (Å²) >= 11 is 1.54. The third-order valence-corrected chi connectivity index (χ3v) is 7.33. The molecule has 0 bridgehead atoms. The third kappa shape index (κ3) is 4.15. The molecule has 4 rings (SSSR count). The maximum atomic E-state index is 12.5. The number of amides is 1. The van der Waals surface area contributed by atoms with Crippen molar-refractivity contribution < 1.29 is 17.9 Å². The van der Waals surface area contributed by atoms with Crippen molar-refractivity contribution in [1.82, 2.24) is 0 Å². The normalized spacial score (nSPS) is 16.5. The van der Waals surface area contributed by atoms with Gasteiger partial charge in [-0.05, 0) is 54.1 Å². The number of hydrogen-bond acceptors (Lipinski definition) is 5. The molecule has 1 amide bonds. The molecule has 0 unspecified atom stereocenters. The Morgan fingerprint density at radius 1 is 0.967 bits per heavy atom. The van der Waals surface area contributed by atoms with E-state index in [1.54, 1.807) is 54.5 Å². The zero-order chi connectivity index (χ0) is 21.1. The fourth-order valence-electron chi connectivity index (χ4n) is 3.22. The van der Waals surface area contributed by atoms with Crippen molar-refractivity contribution in [3.8, 4) is 5.75 Å². The lowest BCUT2D eigenvalue weighted by atomic mass is 10.1. The zero-order valence-electron chi connectivity index (χ0n) is 16.2. The predicted molar refractivity (Wildman–Crippen MR) is 119 cm³/mol. The summed E-state index contributed by atoms with van der Waals surface area (Å²) in [7, 11) is -2.05. The highest BCUT2D eigenvalue weighted by molar-refractivity contribution is 8.00. The molecule has 8 heteroatoms. The van der Waals surface area contributed by atoms with Crippen molar-refractivity contribution in [2.75, 3.05) is 22.5 Å². The fraction of sp³-hybridized carbons (Fsp3) is 0.136. The molecule has 0 spiro atoms. The van der Waals surface area contributed by atoms with E-state index in [1.165, 1.54) is 11.8 Å². The Kier molecular flexibility index (Phi) is 5.69. The van der Waals surface area contributed by atoms with Crippen molar-refractivity contribution in [2.24, 2.45) is 0 Å². The van der Waals surface area contributed by atoms with Gasteiger partial charge in [0.05, 0.1) is 17.8 Å². The summed E-state index contributed by atoms with van der Waals surface area (Å²) in [5, 5.41) is -0.175. The van der Waals surface area contributed by atoms with Crippen LogP contribution in [0.4, 0.5) is 11.4 Å². The molecule has 1 atom stereocenters. The summed E-state index contributed by atoms with van der Waals surface area (Å²) in [4.78, 5) is 14.5. The first-order valence-electron chi connectivity index (χ1n) is 9.23. The van der Waals surface area contributed by atoms with Gasteiger partial charge in [-0.1, -0.05) is 30.3 Å². The maximum absolute atomic E-state index is 12.5. The van der Waals surface area contributed by atoms with Crippen LogP contribution in [0.3, 0.4) is 0 Å². The van der Waals surface area contributed by atoms with E-state index < -0.39 is 10.0 Å². The first-order valence-corrected chi connectivity index (χ1v) is 11.8. The Hall–Kier alpha value is -2.97. The monoisotopic (exact) mass is 440 g/mol. The van der Waals surface area contributed by atoms with Gasteiger partial charge in [0.25, 0.3) is 10.0 Å². The third-order valence-electron chi connectivity index (χ3n) is 4.72. The molecule has 1 N–H and O–H groups in total. The van der Waals surface area contributed by atoms with Gasteiger partial charge < -0.3 is 4.74 Å². The maximum Gasteiger partial charge on any atom is 0.261 e. The molecule has 0 aliphatic carbocycles. The average Bonchev–Trinajstić information content (AvgIpc) is 3.16. The number of rotatable bonds is 6. The van der Waals surface area contributed by atoms with Gasteiger partial charge in [-0.3, -0.25) is 14.4 Å². The number of carbonyl (C=O) groups is 1. The minimum absolute atomic E-state index is 0.0315. The van der Waals surface area contributed by atoms with Gasteiger partial charge in [-0.15, -0.1) is 11.8 Å². The van der Waals surface area contributed by atoms with Crippen molar-refractivity contribution in [2.45, 2.75) is 10.3 Å². The lowest BCUT2D eigenvalue weighted by Gasteiger charge is -2.24. The first-order chi connectivity index (χ1) is 14.5. The predicted octanol–water partition coefficient (Wildman–Crippen LogP) is 4.27. The fourth-order valence-corrected chi connectivity index (χ4v) is 5.48. The van der Waals surface area contributed by atoms with Crippen LogP contribution in [-0.4, -0.2) is 27.2 Å². The number of nitrogens with one attached hydrogen (secondary N) is 1. The summed E-state index contributed by atoms with van der Waals surface area (Å²) in [6.45, 7) is 0. The minimum Gasteiger partial charge on any atom is -0.497 e. The molecule has 1 saturated heterocycles. The topological polar surface area (TPSA) is 75.7 Å². The van der Waals surface area contributed by atoms with Gasteiger partial charge in [0, 0.05) is 11.4 Å². The highest BCUT2D eigenvalue weighted by Gasteiger charge is 2.34. The molecule has 154 valence electrons. The number of methoxy groups -OCH3 is 1. The van der Waals surface area contributed by atoms with Gasteiger partial charge in [0.15, 0.2) is 0 Å². The molecule has 6 nitrogen and oxygen atoms in total. The first kappa shape index (κ1) is 20.3. The molecule has 0 saturated carbocycles. The quantitative estimate of drug-likeness (QED) is 0.619. The van der Waals surface area contributed by atoms with E-state index in [-0.39, 0.29) is 16.2 Å². The average molecular weight is 441 g/mol. The Morgan fingerprint density at radius 3 is 2.27 bits per heavy atom. The largest absolute Gasteiger partial charge is 0.497 e. The summed E-state index contributed by atoms with van der Waals surface area (Å²) in [5.41, 5.74) is 2.18. The van der Waals surface area contributed by atoms with E-state index in [4.69, 9.17) is 4.74 Å². The Morgan fingerprint density at radius 2 is 1.63 bits per heavy atom. The molecule has 3 aromatic rings. The number of thioether (sulfide) groups is 1. The van der Waals surface area contributed by atoms with Crippen LogP contribution in [0.2, 0.25) is 0 Å². The second-order valence-corrected chi connectivity index (χ2v) is 9.42. The summed E-state index contributed by atoms with van der Waals surface area (Å²) in [6, 6.07) is 22.7. The Balaban J connectivity index is 1.55. The van der Waals surface area contributed by atoms with E-state index >= 15 is 0 Å². The Bertz CT molecular complexity index is 1130. The van der Waals surface area contributed by atoms with Crippen LogP contribution >= 0.6 is 11.8 Å². The number of nitrogens with zero attached hydrogens (tertiary/aromatic N) is 1. The smallest absolute Gasteiger partial charge is 0.261 e. The van der Waals surface area contributed by atoms with E-state index in [1.807, 2.05) is 36.4 Å². The molecule has 3 aromatic carbocycles. The van der Waals surface area contributed by atoms with Crippen LogP contribution in [-0.2, 0) is 14.8 Å². The molecule has 1 aliphatic rings. The number of ether oxygens (including phenoxy) is 1. The molecular weight excluding hydrogens is 420 g/mol. The van der Waals surface area contributed by atoms with Gasteiger partial charge in [-0.25, -0.2) is 8.42 Å². The van der Waals surface area contributed by atoms with Crippen LogP contribution < -0.4 is 14.4 Å². The van der Waals surface area contributed by atoms with Gasteiger partial charge in [-0.2, -0.15) is 0 Å². The number of benzene rings is 3. The second kappa shape index (κ2) is 8.41. The van der Waals surface area contributed by atoms with Crippen LogP contribution in [0.5, 0.6) is 5.75 Å². The zero-order valence-corrected chi connectivity index (χ0v) is 17.8. The van der Waals surface area contributed by atoms with E-state index in [0.29, 0.717) is 11.4 Å². The van der Waals surface area contributed by atoms with Crippen LogP contribution in [0.1, 0.15) is 10.9 Å². The van der Waals surface area contributed by atoms with E-state index in [2.05, 4.69) is 4.72 Å². The standard InChI is InChI=1S/C22H20N2O4S2/c1-28-19-13-11-18(12-14-19)24-21(25)15-29-22(24)16-7-9-17(10-8-16)23-30(26,27)20-5-3-2-4-6-20/h2-14,22-23H,15H2,1H3/t22-/m1/s1. The van der Waals surface area contributed by atoms with Crippen molar-refractivity contribution >= 4 is 39.1 Å². The van der Waals surface area contributed by atoms with Gasteiger partial charge in [0.2, 0.25) is 5.91 Å². The lowest BCUT2D eigenvalue weighted by molar-refractivity contribution is -0.115. The molecule has 1 heterocycles. The molecular formula is C22H20N2O4S2. The molecule has 30 heavy (non-hydrogen) atoms. The SMILES string of the molecule is COc1ccc(N2C(=O)CS[C@@H]2c2ccc(NS(=O)(=O)c3ccccc3)cc2)cc1. The molecule has 1 aliphatic heterocycles. The Labute approximate surface area is 179 Å². The second-order valence-electron chi connectivity index (χ2n) is 6.67. The number of hydrogen-bond donors (Lipinski definition) is 1. The highest BCUT2D eigenvalue weighted by atomic mass is 32.2. The van der Waals surface area contributed by atoms with Crippen LogP contribution in [0.15, 0.2) is 83.8 Å². The van der Waals surface area contributed by atoms with Crippen molar-refractivity contribution in [3.63, 3.8) is 0 Å². The molecule has 0 aromatic heterocycles. The van der Waals surface area contributed by atoms with Crippen molar-refractivity contribution in [3.05, 3.63) is 84.4 Å². The summed E-state index contributed by atoms with van der Waals surface area (Å²) < 4.78 is 32.8. The number of carbonyl (C=O) groups excluding carboxylic acids is 1. The molecule has 0 radical (unpaired) electrons. The van der Waals surface area contributed by atoms with Gasteiger partial charge in [0.1, 0.15) is 11.1 Å². The van der Waals surface area contributed by atoms with Crippen LogP contribution in [0, 0.1) is 0 Å². The van der Waals surface area contributed by atoms with Crippen LogP contribution in [0.25, 0.3) is 0 Å².